The molecule has 1 aromatic heterocycles. The topological polar surface area (TPSA) is 99.7 Å². The molecule has 2 heterocycles. The van der Waals surface area contributed by atoms with Crippen LogP contribution in [0.25, 0.3) is 11.0 Å². The number of rotatable bonds is 6. The van der Waals surface area contributed by atoms with Crippen molar-refractivity contribution < 1.29 is 19.1 Å². The van der Waals surface area contributed by atoms with Gasteiger partial charge in [-0.1, -0.05) is 42.5 Å². The highest BCUT2D eigenvalue weighted by molar-refractivity contribution is 5.97. The first-order valence-corrected chi connectivity index (χ1v) is 10.6. The number of primary amides is 1. The van der Waals surface area contributed by atoms with E-state index in [4.69, 9.17) is 15.2 Å². The lowest BCUT2D eigenvalue weighted by atomic mass is 10.1. The first-order valence-electron chi connectivity index (χ1n) is 10.6. The second-order valence-electron chi connectivity index (χ2n) is 7.69. The van der Waals surface area contributed by atoms with Crippen molar-refractivity contribution in [3.8, 4) is 11.5 Å². The van der Waals surface area contributed by atoms with E-state index in [9.17, 15) is 9.59 Å². The smallest absolute Gasteiger partial charge is 0.260 e. The van der Waals surface area contributed by atoms with Crippen LogP contribution in [0.4, 0.5) is 5.69 Å². The van der Waals surface area contributed by atoms with E-state index >= 15 is 0 Å². The zero-order valence-corrected chi connectivity index (χ0v) is 17.8. The fourth-order valence-corrected chi connectivity index (χ4v) is 3.92. The standard InChI is InChI=1S/C25H22N4O4/c26-25(31)22-14-29(20-12-6-7-13-21(20)33-22)24(30)15-28-19-11-5-4-10-18(19)27-23(28)16-32-17-8-2-1-3-9-17/h1-13,22H,14-16H2,(H2,26,31)/t22-/m0/s1. The van der Waals surface area contributed by atoms with Crippen LogP contribution in [0.5, 0.6) is 11.5 Å². The third-order valence-electron chi connectivity index (χ3n) is 5.53. The summed E-state index contributed by atoms with van der Waals surface area (Å²) < 4.78 is 13.4. The minimum atomic E-state index is -0.913. The molecule has 3 aromatic carbocycles. The Kier molecular flexibility index (Phi) is 5.40. The van der Waals surface area contributed by atoms with Gasteiger partial charge in [0.1, 0.15) is 30.5 Å². The number of aromatic nitrogens is 2. The second kappa shape index (κ2) is 8.66. The van der Waals surface area contributed by atoms with E-state index < -0.39 is 12.0 Å². The van der Waals surface area contributed by atoms with Crippen LogP contribution in [0.2, 0.25) is 0 Å². The lowest BCUT2D eigenvalue weighted by Gasteiger charge is -2.33. The number of fused-ring (bicyclic) bond motifs is 2. The van der Waals surface area contributed by atoms with Gasteiger partial charge in [0.05, 0.1) is 23.3 Å². The number of nitrogens with zero attached hydrogens (tertiary/aromatic N) is 3. The zero-order valence-electron chi connectivity index (χ0n) is 17.8. The Morgan fingerprint density at radius 3 is 2.55 bits per heavy atom. The van der Waals surface area contributed by atoms with Gasteiger partial charge in [-0.2, -0.15) is 0 Å². The molecule has 1 aliphatic heterocycles. The predicted octanol–water partition coefficient (Wildman–Crippen LogP) is 2.89. The van der Waals surface area contributed by atoms with Gasteiger partial charge in [0.15, 0.2) is 6.10 Å². The normalized spacial score (nSPS) is 15.0. The minimum Gasteiger partial charge on any atom is -0.486 e. The van der Waals surface area contributed by atoms with Crippen molar-refractivity contribution in [3.63, 3.8) is 0 Å². The number of imidazole rings is 1. The highest BCUT2D eigenvalue weighted by Crippen LogP contribution is 2.33. The molecule has 8 nitrogen and oxygen atoms in total. The van der Waals surface area contributed by atoms with E-state index in [1.54, 1.807) is 23.1 Å². The molecule has 0 saturated carbocycles. The molecule has 33 heavy (non-hydrogen) atoms. The van der Waals surface area contributed by atoms with E-state index in [1.165, 1.54) is 0 Å². The lowest BCUT2D eigenvalue weighted by molar-refractivity contribution is -0.125. The fourth-order valence-electron chi connectivity index (χ4n) is 3.92. The Morgan fingerprint density at radius 2 is 1.73 bits per heavy atom. The fraction of sp³-hybridized carbons (Fsp3) is 0.160. The van der Waals surface area contributed by atoms with Crippen molar-refractivity contribution >= 4 is 28.5 Å². The van der Waals surface area contributed by atoms with Crippen molar-refractivity contribution in [2.75, 3.05) is 11.4 Å². The van der Waals surface area contributed by atoms with Gasteiger partial charge in [-0.3, -0.25) is 9.59 Å². The summed E-state index contributed by atoms with van der Waals surface area (Å²) in [6, 6.07) is 24.2. The molecular formula is C25H22N4O4. The van der Waals surface area contributed by atoms with E-state index in [0.717, 1.165) is 11.0 Å². The van der Waals surface area contributed by atoms with Gasteiger partial charge in [0.25, 0.3) is 5.91 Å². The summed E-state index contributed by atoms with van der Waals surface area (Å²) >= 11 is 0. The third-order valence-corrected chi connectivity index (χ3v) is 5.53. The summed E-state index contributed by atoms with van der Waals surface area (Å²) in [4.78, 5) is 31.5. The molecule has 166 valence electrons. The van der Waals surface area contributed by atoms with Gasteiger partial charge >= 0.3 is 0 Å². The van der Waals surface area contributed by atoms with Crippen LogP contribution in [-0.2, 0) is 22.7 Å². The molecular weight excluding hydrogens is 420 g/mol. The molecule has 0 unspecified atom stereocenters. The summed E-state index contributed by atoms with van der Waals surface area (Å²) in [5.41, 5.74) is 7.68. The zero-order chi connectivity index (χ0) is 22.8. The van der Waals surface area contributed by atoms with Gasteiger partial charge in [-0.15, -0.1) is 0 Å². The number of carbonyl (C=O) groups excluding carboxylic acids is 2. The van der Waals surface area contributed by atoms with Gasteiger partial charge in [0, 0.05) is 0 Å². The van der Waals surface area contributed by atoms with Crippen LogP contribution in [0.3, 0.4) is 0 Å². The number of hydrogen-bond donors (Lipinski definition) is 1. The van der Waals surface area contributed by atoms with Gasteiger partial charge in [-0.05, 0) is 36.4 Å². The lowest BCUT2D eigenvalue weighted by Crippen LogP contribution is -2.50. The predicted molar refractivity (Wildman–Crippen MR) is 123 cm³/mol. The molecule has 0 spiro atoms. The SMILES string of the molecule is NC(=O)[C@@H]1CN(C(=O)Cn2c(COc3ccccc3)nc3ccccc32)c2ccccc2O1. The second-order valence-corrected chi connectivity index (χ2v) is 7.69. The Morgan fingerprint density at radius 1 is 1.00 bits per heavy atom. The molecule has 1 atom stereocenters. The van der Waals surface area contributed by atoms with Crippen LogP contribution in [0, 0.1) is 0 Å². The Balaban J connectivity index is 1.46. The molecule has 0 aliphatic carbocycles. The highest BCUT2D eigenvalue weighted by atomic mass is 16.5. The molecule has 0 fully saturated rings. The van der Waals surface area contributed by atoms with Crippen molar-refractivity contribution in [2.24, 2.45) is 5.73 Å². The molecule has 2 amide bonds. The number of nitrogens with two attached hydrogens (primary N) is 1. The van der Waals surface area contributed by atoms with Crippen molar-refractivity contribution in [2.45, 2.75) is 19.3 Å². The number of benzene rings is 3. The summed E-state index contributed by atoms with van der Waals surface area (Å²) in [6.45, 7) is 0.275. The molecule has 0 saturated heterocycles. The summed E-state index contributed by atoms with van der Waals surface area (Å²) in [5.74, 6) is 0.965. The van der Waals surface area contributed by atoms with Crippen LogP contribution < -0.4 is 20.1 Å². The Bertz CT molecular complexity index is 1320. The van der Waals surface area contributed by atoms with Gasteiger partial charge < -0.3 is 24.7 Å². The molecule has 0 radical (unpaired) electrons. The van der Waals surface area contributed by atoms with E-state index in [-0.39, 0.29) is 25.6 Å². The number of carbonyl (C=O) groups is 2. The van der Waals surface area contributed by atoms with Crippen LogP contribution >= 0.6 is 0 Å². The molecule has 0 bridgehead atoms. The van der Waals surface area contributed by atoms with Gasteiger partial charge in [0.2, 0.25) is 5.91 Å². The van der Waals surface area contributed by atoms with Crippen LogP contribution in [0.15, 0.2) is 78.9 Å². The first-order chi connectivity index (χ1) is 16.1. The average Bonchev–Trinajstić information content (AvgIpc) is 3.19. The van der Waals surface area contributed by atoms with Crippen molar-refractivity contribution in [1.82, 2.24) is 9.55 Å². The van der Waals surface area contributed by atoms with E-state index in [0.29, 0.717) is 23.0 Å². The summed E-state index contributed by atoms with van der Waals surface area (Å²) in [7, 11) is 0. The minimum absolute atomic E-state index is 0.0216. The summed E-state index contributed by atoms with van der Waals surface area (Å²) in [6.07, 6.45) is -0.913. The highest BCUT2D eigenvalue weighted by Gasteiger charge is 2.33. The maximum atomic E-state index is 13.5. The molecule has 2 N–H and O–H groups in total. The Labute approximate surface area is 190 Å². The third kappa shape index (κ3) is 4.10. The van der Waals surface area contributed by atoms with Crippen molar-refractivity contribution in [3.05, 3.63) is 84.7 Å². The van der Waals surface area contributed by atoms with Crippen LogP contribution in [-0.4, -0.2) is 34.0 Å². The number of hydrogen-bond acceptors (Lipinski definition) is 5. The maximum Gasteiger partial charge on any atom is 0.260 e. The number of anilines is 1. The summed E-state index contributed by atoms with van der Waals surface area (Å²) in [5, 5.41) is 0. The van der Waals surface area contributed by atoms with E-state index in [2.05, 4.69) is 4.98 Å². The molecule has 1 aliphatic rings. The Hall–Kier alpha value is -4.33. The van der Waals surface area contributed by atoms with Crippen LogP contribution in [0.1, 0.15) is 5.82 Å². The average molecular weight is 442 g/mol. The number of para-hydroxylation sites is 5. The maximum absolute atomic E-state index is 13.5. The molecule has 4 aromatic rings. The van der Waals surface area contributed by atoms with Crippen molar-refractivity contribution in [1.29, 1.82) is 0 Å². The quantitative estimate of drug-likeness (QED) is 0.495. The largest absolute Gasteiger partial charge is 0.486 e. The number of amides is 2. The first kappa shape index (κ1) is 20.6. The van der Waals surface area contributed by atoms with Gasteiger partial charge in [-0.25, -0.2) is 4.98 Å². The molecule has 8 heteroatoms. The van der Waals surface area contributed by atoms with E-state index in [1.807, 2.05) is 65.2 Å². The monoisotopic (exact) mass is 442 g/mol. The number of ether oxygens (including phenoxy) is 2. The molecule has 5 rings (SSSR count).